The van der Waals surface area contributed by atoms with E-state index in [1.807, 2.05) is 13.8 Å². The Morgan fingerprint density at radius 1 is 1.32 bits per heavy atom. The van der Waals surface area contributed by atoms with Crippen LogP contribution in [0.2, 0.25) is 0 Å². The molecule has 2 rings (SSSR count). The third-order valence-corrected chi connectivity index (χ3v) is 3.97. The topological polar surface area (TPSA) is 41.1 Å². The molecule has 1 aliphatic rings. The van der Waals surface area contributed by atoms with E-state index in [0.29, 0.717) is 0 Å². The maximum Gasteiger partial charge on any atom is 0.226 e. The summed E-state index contributed by atoms with van der Waals surface area (Å²) in [6.07, 6.45) is 1.71. The van der Waals surface area contributed by atoms with Gasteiger partial charge in [-0.1, -0.05) is 19.1 Å². The molecule has 1 aromatic carbocycles. The monoisotopic (exact) mass is 264 g/mol. The average Bonchev–Trinajstić information content (AvgIpc) is 2.40. The Morgan fingerprint density at radius 2 is 1.89 bits per heavy atom. The standard InChI is InChI=1S/C15H21FN2O/c1-11(12-3-5-13(16)6-4-12)18-14(19)15(2)7-9-17-10-8-15/h3-6,11,17H,7-10H2,1-2H3,(H,18,19)/t11-/m0/s1. The number of carbonyl (C=O) groups excluding carboxylic acids is 1. The molecule has 19 heavy (non-hydrogen) atoms. The molecule has 0 bridgehead atoms. The highest BCUT2D eigenvalue weighted by Crippen LogP contribution is 2.29. The van der Waals surface area contributed by atoms with Gasteiger partial charge in [0.2, 0.25) is 5.91 Å². The minimum atomic E-state index is -0.292. The van der Waals surface area contributed by atoms with Crippen molar-refractivity contribution in [2.24, 2.45) is 5.41 Å². The Morgan fingerprint density at radius 3 is 2.47 bits per heavy atom. The SMILES string of the molecule is C[C@H](NC(=O)C1(C)CCNCC1)c1ccc(F)cc1. The van der Waals surface area contributed by atoms with Gasteiger partial charge in [0.25, 0.3) is 0 Å². The molecular formula is C15H21FN2O. The highest BCUT2D eigenvalue weighted by Gasteiger charge is 2.35. The molecule has 1 aliphatic heterocycles. The van der Waals surface area contributed by atoms with E-state index in [4.69, 9.17) is 0 Å². The van der Waals surface area contributed by atoms with Gasteiger partial charge in [-0.05, 0) is 50.6 Å². The second-order valence-corrected chi connectivity index (χ2v) is 5.56. The van der Waals surface area contributed by atoms with Gasteiger partial charge in [-0.2, -0.15) is 0 Å². The van der Waals surface area contributed by atoms with Crippen LogP contribution in [0, 0.1) is 11.2 Å². The van der Waals surface area contributed by atoms with Crippen molar-refractivity contribution in [3.63, 3.8) is 0 Å². The highest BCUT2D eigenvalue weighted by molar-refractivity contribution is 5.82. The first-order valence-electron chi connectivity index (χ1n) is 6.78. The fourth-order valence-electron chi connectivity index (χ4n) is 2.41. The number of benzene rings is 1. The fraction of sp³-hybridized carbons (Fsp3) is 0.533. The van der Waals surface area contributed by atoms with E-state index in [1.54, 1.807) is 12.1 Å². The van der Waals surface area contributed by atoms with E-state index >= 15 is 0 Å². The molecule has 1 heterocycles. The molecule has 0 unspecified atom stereocenters. The molecule has 0 aliphatic carbocycles. The summed E-state index contributed by atoms with van der Waals surface area (Å²) >= 11 is 0. The molecule has 2 N–H and O–H groups in total. The van der Waals surface area contributed by atoms with Crippen LogP contribution in [0.25, 0.3) is 0 Å². The van der Waals surface area contributed by atoms with Crippen LogP contribution in [-0.4, -0.2) is 19.0 Å². The Labute approximate surface area is 113 Å². The lowest BCUT2D eigenvalue weighted by molar-refractivity contribution is -0.132. The van der Waals surface area contributed by atoms with Gasteiger partial charge in [0.15, 0.2) is 0 Å². The number of rotatable bonds is 3. The van der Waals surface area contributed by atoms with Crippen molar-refractivity contribution >= 4 is 5.91 Å². The number of carbonyl (C=O) groups is 1. The Kier molecular flexibility index (Phi) is 4.20. The minimum absolute atomic E-state index is 0.0887. The molecule has 1 atom stereocenters. The number of amides is 1. The van der Waals surface area contributed by atoms with E-state index in [1.165, 1.54) is 12.1 Å². The molecule has 3 nitrogen and oxygen atoms in total. The van der Waals surface area contributed by atoms with Crippen LogP contribution in [0.15, 0.2) is 24.3 Å². The lowest BCUT2D eigenvalue weighted by atomic mass is 9.80. The summed E-state index contributed by atoms with van der Waals surface area (Å²) in [6, 6.07) is 6.17. The van der Waals surface area contributed by atoms with Crippen molar-refractivity contribution in [3.8, 4) is 0 Å². The zero-order valence-corrected chi connectivity index (χ0v) is 11.5. The van der Waals surface area contributed by atoms with Crippen LogP contribution in [0.4, 0.5) is 4.39 Å². The van der Waals surface area contributed by atoms with Crippen LogP contribution in [0.1, 0.15) is 38.3 Å². The van der Waals surface area contributed by atoms with Crippen molar-refractivity contribution in [1.29, 1.82) is 0 Å². The van der Waals surface area contributed by atoms with Gasteiger partial charge >= 0.3 is 0 Å². The maximum atomic E-state index is 12.9. The molecule has 1 aromatic rings. The summed E-state index contributed by atoms with van der Waals surface area (Å²) in [5, 5.41) is 6.30. The third-order valence-electron chi connectivity index (χ3n) is 3.97. The van der Waals surface area contributed by atoms with Crippen LogP contribution in [-0.2, 0) is 4.79 Å². The van der Waals surface area contributed by atoms with Crippen molar-refractivity contribution in [2.45, 2.75) is 32.7 Å². The van der Waals surface area contributed by atoms with Gasteiger partial charge in [0.1, 0.15) is 5.82 Å². The minimum Gasteiger partial charge on any atom is -0.349 e. The largest absolute Gasteiger partial charge is 0.349 e. The Balaban J connectivity index is 2.00. The molecule has 0 spiro atoms. The maximum absolute atomic E-state index is 12.9. The van der Waals surface area contributed by atoms with Gasteiger partial charge < -0.3 is 10.6 Å². The van der Waals surface area contributed by atoms with E-state index in [-0.39, 0.29) is 23.2 Å². The van der Waals surface area contributed by atoms with E-state index in [0.717, 1.165) is 31.5 Å². The normalized spacial score (nSPS) is 19.7. The zero-order valence-electron chi connectivity index (χ0n) is 11.5. The summed E-state index contributed by atoms with van der Waals surface area (Å²) in [5.41, 5.74) is 0.631. The Hall–Kier alpha value is -1.42. The molecule has 1 saturated heterocycles. The lowest BCUT2D eigenvalue weighted by Gasteiger charge is -2.33. The third kappa shape index (κ3) is 3.32. The zero-order chi connectivity index (χ0) is 13.9. The van der Waals surface area contributed by atoms with Crippen LogP contribution < -0.4 is 10.6 Å². The Bertz CT molecular complexity index is 438. The molecule has 1 fully saturated rings. The van der Waals surface area contributed by atoms with Gasteiger partial charge in [-0.3, -0.25) is 4.79 Å². The summed E-state index contributed by atoms with van der Waals surface area (Å²) < 4.78 is 12.9. The molecule has 104 valence electrons. The summed E-state index contributed by atoms with van der Waals surface area (Å²) in [5.74, 6) is -0.168. The molecule has 4 heteroatoms. The van der Waals surface area contributed by atoms with Crippen LogP contribution in [0.3, 0.4) is 0 Å². The van der Waals surface area contributed by atoms with Crippen molar-refractivity contribution < 1.29 is 9.18 Å². The van der Waals surface area contributed by atoms with Gasteiger partial charge in [-0.25, -0.2) is 4.39 Å². The van der Waals surface area contributed by atoms with Crippen LogP contribution >= 0.6 is 0 Å². The molecule has 0 aromatic heterocycles. The van der Waals surface area contributed by atoms with E-state index in [2.05, 4.69) is 10.6 Å². The second-order valence-electron chi connectivity index (χ2n) is 5.56. The van der Waals surface area contributed by atoms with Gasteiger partial charge in [-0.15, -0.1) is 0 Å². The van der Waals surface area contributed by atoms with Gasteiger partial charge in [0.05, 0.1) is 6.04 Å². The number of nitrogens with one attached hydrogen (secondary N) is 2. The lowest BCUT2D eigenvalue weighted by Crippen LogP contribution is -2.46. The first-order chi connectivity index (χ1) is 9.01. The summed E-state index contributed by atoms with van der Waals surface area (Å²) in [6.45, 7) is 5.71. The summed E-state index contributed by atoms with van der Waals surface area (Å²) in [4.78, 5) is 12.4. The smallest absolute Gasteiger partial charge is 0.226 e. The second kappa shape index (κ2) is 5.70. The predicted molar refractivity (Wildman–Crippen MR) is 73.2 cm³/mol. The number of halogens is 1. The fourth-order valence-corrected chi connectivity index (χ4v) is 2.41. The highest BCUT2D eigenvalue weighted by atomic mass is 19.1. The first-order valence-corrected chi connectivity index (χ1v) is 6.78. The summed E-state index contributed by atoms with van der Waals surface area (Å²) in [7, 11) is 0. The van der Waals surface area contributed by atoms with E-state index < -0.39 is 0 Å². The number of piperidine rings is 1. The predicted octanol–water partition coefficient (Wildman–Crippen LogP) is 2.39. The first kappa shape index (κ1) is 14.0. The molecule has 1 amide bonds. The number of hydrogen-bond acceptors (Lipinski definition) is 2. The molecular weight excluding hydrogens is 243 g/mol. The van der Waals surface area contributed by atoms with Crippen molar-refractivity contribution in [1.82, 2.24) is 10.6 Å². The average molecular weight is 264 g/mol. The van der Waals surface area contributed by atoms with E-state index in [9.17, 15) is 9.18 Å². The van der Waals surface area contributed by atoms with Crippen molar-refractivity contribution in [3.05, 3.63) is 35.6 Å². The molecule has 0 saturated carbocycles. The quantitative estimate of drug-likeness (QED) is 0.880. The van der Waals surface area contributed by atoms with Crippen molar-refractivity contribution in [2.75, 3.05) is 13.1 Å². The molecule has 0 radical (unpaired) electrons. The van der Waals surface area contributed by atoms with Crippen LogP contribution in [0.5, 0.6) is 0 Å². The number of hydrogen-bond donors (Lipinski definition) is 2. The van der Waals surface area contributed by atoms with Gasteiger partial charge in [0, 0.05) is 5.41 Å².